The van der Waals surface area contributed by atoms with Gasteiger partial charge < -0.3 is 10.8 Å². The number of nitrogens with two attached hydrogens (primary N) is 1. The first-order valence-corrected chi connectivity index (χ1v) is 4.98. The van der Waals surface area contributed by atoms with E-state index in [4.69, 9.17) is 10.8 Å². The third kappa shape index (κ3) is 2.72. The number of hydrogen-bond acceptors (Lipinski definition) is 2. The lowest BCUT2D eigenvalue weighted by atomic mass is 10.0. The average Bonchev–Trinajstić information content (AvgIpc) is 2.18. The number of halogens is 5. The number of hydrogen-bond donors (Lipinski definition) is 2. The number of aliphatic hydroxyl groups is 1. The Bertz CT molecular complexity index is 382. The van der Waals surface area contributed by atoms with E-state index in [9.17, 15) is 17.6 Å². The van der Waals surface area contributed by atoms with Crippen LogP contribution in [0.15, 0.2) is 22.7 Å². The van der Waals surface area contributed by atoms with Gasteiger partial charge >= 0.3 is 6.18 Å². The molecule has 0 saturated heterocycles. The predicted molar refractivity (Wildman–Crippen MR) is 53.1 cm³/mol. The molecule has 1 rings (SSSR count). The summed E-state index contributed by atoms with van der Waals surface area (Å²) in [5, 5.41) is 8.89. The minimum Gasteiger partial charge on any atom is -0.382 e. The molecule has 1 aromatic rings. The lowest BCUT2D eigenvalue weighted by Gasteiger charge is -2.22. The van der Waals surface area contributed by atoms with Crippen LogP contribution in [0.3, 0.4) is 0 Å². The van der Waals surface area contributed by atoms with Gasteiger partial charge in [-0.2, -0.15) is 13.2 Å². The zero-order chi connectivity index (χ0) is 12.5. The van der Waals surface area contributed by atoms with E-state index in [0.717, 1.165) is 6.07 Å². The molecule has 3 N–H and O–H groups in total. The Balaban J connectivity index is 3.06. The van der Waals surface area contributed by atoms with E-state index in [2.05, 4.69) is 15.9 Å². The lowest BCUT2D eigenvalue weighted by molar-refractivity contribution is -0.210. The second-order valence-electron chi connectivity index (χ2n) is 3.16. The van der Waals surface area contributed by atoms with Gasteiger partial charge in [0.1, 0.15) is 5.82 Å². The van der Waals surface area contributed by atoms with Gasteiger partial charge in [0, 0.05) is 5.56 Å². The van der Waals surface area contributed by atoms with Crippen molar-refractivity contribution in [2.45, 2.75) is 18.3 Å². The molecule has 0 bridgehead atoms. The molecule has 0 heterocycles. The number of rotatable bonds is 2. The van der Waals surface area contributed by atoms with Gasteiger partial charge in [0.25, 0.3) is 0 Å². The highest BCUT2D eigenvalue weighted by Crippen LogP contribution is 2.31. The zero-order valence-electron chi connectivity index (χ0n) is 7.80. The van der Waals surface area contributed by atoms with Gasteiger partial charge in [-0.3, -0.25) is 0 Å². The van der Waals surface area contributed by atoms with Crippen molar-refractivity contribution in [3.63, 3.8) is 0 Å². The Morgan fingerprint density at radius 1 is 1.31 bits per heavy atom. The van der Waals surface area contributed by atoms with Crippen molar-refractivity contribution in [2.24, 2.45) is 5.73 Å². The Kier molecular flexibility index (Phi) is 3.92. The predicted octanol–water partition coefficient (Wildman–Crippen LogP) is 2.51. The van der Waals surface area contributed by atoms with Crippen molar-refractivity contribution < 1.29 is 22.7 Å². The van der Waals surface area contributed by atoms with Gasteiger partial charge in [0.2, 0.25) is 0 Å². The third-order valence-electron chi connectivity index (χ3n) is 2.02. The molecule has 0 radical (unpaired) electrons. The fourth-order valence-corrected chi connectivity index (χ4v) is 1.53. The molecule has 0 aliphatic carbocycles. The highest BCUT2D eigenvalue weighted by atomic mass is 79.9. The van der Waals surface area contributed by atoms with E-state index in [1.165, 1.54) is 12.1 Å². The summed E-state index contributed by atoms with van der Waals surface area (Å²) in [6, 6.07) is 1.91. The zero-order valence-corrected chi connectivity index (χ0v) is 9.39. The van der Waals surface area contributed by atoms with E-state index in [-0.39, 0.29) is 10.0 Å². The first-order valence-electron chi connectivity index (χ1n) is 4.19. The summed E-state index contributed by atoms with van der Waals surface area (Å²) in [4.78, 5) is 0. The number of alkyl halides is 3. The molecule has 2 atom stereocenters. The second kappa shape index (κ2) is 4.68. The number of aliphatic hydroxyl groups excluding tert-OH is 1. The maximum atomic E-state index is 13.4. The second-order valence-corrected chi connectivity index (χ2v) is 4.01. The molecule has 16 heavy (non-hydrogen) atoms. The summed E-state index contributed by atoms with van der Waals surface area (Å²) >= 11 is 2.82. The summed E-state index contributed by atoms with van der Waals surface area (Å²) in [5.41, 5.74) is 4.77. The van der Waals surface area contributed by atoms with Crippen LogP contribution >= 0.6 is 15.9 Å². The van der Waals surface area contributed by atoms with Crippen molar-refractivity contribution in [2.75, 3.05) is 0 Å². The molecule has 0 aliphatic heterocycles. The van der Waals surface area contributed by atoms with Crippen LogP contribution in [0.25, 0.3) is 0 Å². The van der Waals surface area contributed by atoms with Crippen molar-refractivity contribution in [3.05, 3.63) is 34.1 Å². The van der Waals surface area contributed by atoms with Crippen LogP contribution in [-0.4, -0.2) is 17.4 Å². The largest absolute Gasteiger partial charge is 0.416 e. The standard InChI is InChI=1S/C9H8BrF4NO/c10-5-3-1-2-4(6(5)11)7(15)8(16)9(12,13)14/h1-3,7-8,16H,15H2/t7-,8-/m0/s1. The summed E-state index contributed by atoms with van der Waals surface area (Å²) in [7, 11) is 0. The Labute approximate surface area is 97.2 Å². The normalized spacial score (nSPS) is 15.9. The van der Waals surface area contributed by atoms with Gasteiger partial charge in [-0.25, -0.2) is 4.39 Å². The topological polar surface area (TPSA) is 46.2 Å². The highest BCUT2D eigenvalue weighted by molar-refractivity contribution is 9.10. The van der Waals surface area contributed by atoms with E-state index in [1.807, 2.05) is 0 Å². The molecule has 0 aromatic heterocycles. The molecule has 0 saturated carbocycles. The maximum absolute atomic E-state index is 13.4. The highest BCUT2D eigenvalue weighted by Gasteiger charge is 2.43. The maximum Gasteiger partial charge on any atom is 0.416 e. The van der Waals surface area contributed by atoms with E-state index in [1.54, 1.807) is 0 Å². The van der Waals surface area contributed by atoms with Crippen LogP contribution in [0.5, 0.6) is 0 Å². The van der Waals surface area contributed by atoms with Gasteiger partial charge in [0.15, 0.2) is 6.10 Å². The molecular weight excluding hydrogens is 294 g/mol. The first-order chi connectivity index (χ1) is 7.25. The van der Waals surface area contributed by atoms with E-state index >= 15 is 0 Å². The molecule has 2 nitrogen and oxygen atoms in total. The van der Waals surface area contributed by atoms with Crippen LogP contribution in [-0.2, 0) is 0 Å². The molecule has 0 unspecified atom stereocenters. The number of benzene rings is 1. The monoisotopic (exact) mass is 301 g/mol. The quantitative estimate of drug-likeness (QED) is 0.825. The van der Waals surface area contributed by atoms with Crippen LogP contribution in [0.4, 0.5) is 17.6 Å². The third-order valence-corrected chi connectivity index (χ3v) is 2.63. The van der Waals surface area contributed by atoms with Gasteiger partial charge in [-0.1, -0.05) is 12.1 Å². The Morgan fingerprint density at radius 2 is 1.88 bits per heavy atom. The van der Waals surface area contributed by atoms with Gasteiger partial charge in [0.05, 0.1) is 10.5 Å². The molecule has 0 fully saturated rings. The lowest BCUT2D eigenvalue weighted by Crippen LogP contribution is -2.39. The summed E-state index contributed by atoms with van der Waals surface area (Å²) in [6.45, 7) is 0. The molecule has 0 spiro atoms. The van der Waals surface area contributed by atoms with Crippen molar-refractivity contribution in [1.82, 2.24) is 0 Å². The molecule has 1 aromatic carbocycles. The van der Waals surface area contributed by atoms with E-state index < -0.39 is 24.1 Å². The SMILES string of the molecule is N[C@@H](c1cccc(Br)c1F)[C@H](O)C(F)(F)F. The Hall–Kier alpha value is -0.660. The summed E-state index contributed by atoms with van der Waals surface area (Å²) < 4.78 is 49.9. The van der Waals surface area contributed by atoms with Crippen LogP contribution in [0.2, 0.25) is 0 Å². The fourth-order valence-electron chi connectivity index (χ4n) is 1.15. The van der Waals surface area contributed by atoms with Crippen molar-refractivity contribution in [1.29, 1.82) is 0 Å². The fraction of sp³-hybridized carbons (Fsp3) is 0.333. The first kappa shape index (κ1) is 13.4. The molecule has 90 valence electrons. The molecule has 0 amide bonds. The minimum absolute atomic E-state index is 0.00479. The van der Waals surface area contributed by atoms with E-state index in [0.29, 0.717) is 0 Å². The molecule has 0 aliphatic rings. The molecular formula is C9H8BrF4NO. The average molecular weight is 302 g/mol. The summed E-state index contributed by atoms with van der Waals surface area (Å²) in [5.74, 6) is -0.904. The van der Waals surface area contributed by atoms with Crippen molar-refractivity contribution in [3.8, 4) is 0 Å². The van der Waals surface area contributed by atoms with Crippen LogP contribution in [0.1, 0.15) is 11.6 Å². The minimum atomic E-state index is -4.88. The smallest absolute Gasteiger partial charge is 0.382 e. The summed E-state index contributed by atoms with van der Waals surface area (Å²) in [6.07, 6.45) is -7.68. The molecule has 7 heteroatoms. The van der Waals surface area contributed by atoms with Crippen LogP contribution < -0.4 is 5.73 Å². The van der Waals surface area contributed by atoms with Gasteiger partial charge in [-0.15, -0.1) is 0 Å². The van der Waals surface area contributed by atoms with Crippen LogP contribution in [0, 0.1) is 5.82 Å². The Morgan fingerprint density at radius 3 is 2.38 bits per heavy atom. The van der Waals surface area contributed by atoms with Gasteiger partial charge in [-0.05, 0) is 22.0 Å². The van der Waals surface area contributed by atoms with Crippen molar-refractivity contribution >= 4 is 15.9 Å².